The Labute approximate surface area is 171 Å². The third kappa shape index (κ3) is 6.28. The lowest BCUT2D eigenvalue weighted by Crippen LogP contribution is -2.48. The molecule has 8 nitrogen and oxygen atoms in total. The van der Waals surface area contributed by atoms with Gasteiger partial charge in [-0.05, 0) is 37.8 Å². The van der Waals surface area contributed by atoms with Gasteiger partial charge >= 0.3 is 5.97 Å². The van der Waals surface area contributed by atoms with E-state index in [1.54, 1.807) is 39.0 Å². The van der Waals surface area contributed by atoms with Gasteiger partial charge in [0.2, 0.25) is 0 Å². The molecule has 29 heavy (non-hydrogen) atoms. The Morgan fingerprint density at radius 3 is 2.34 bits per heavy atom. The lowest BCUT2D eigenvalue weighted by molar-refractivity contribution is -0.157. The molecule has 1 aromatic carbocycles. The van der Waals surface area contributed by atoms with Gasteiger partial charge in [0.25, 0.3) is 11.8 Å². The van der Waals surface area contributed by atoms with E-state index in [2.05, 4.69) is 10.6 Å². The third-order valence-electron chi connectivity index (χ3n) is 4.84. The van der Waals surface area contributed by atoms with Crippen molar-refractivity contribution in [2.75, 3.05) is 11.5 Å². The zero-order valence-corrected chi connectivity index (χ0v) is 17.9. The summed E-state index contributed by atoms with van der Waals surface area (Å²) in [6.45, 7) is 6.74. The van der Waals surface area contributed by atoms with Crippen LogP contribution >= 0.6 is 0 Å². The first-order chi connectivity index (χ1) is 13.5. The Morgan fingerprint density at radius 2 is 1.79 bits per heavy atom. The maximum absolute atomic E-state index is 12.6. The van der Waals surface area contributed by atoms with E-state index in [1.165, 1.54) is 6.92 Å². The summed E-state index contributed by atoms with van der Waals surface area (Å²) in [5, 5.41) is 5.28. The van der Waals surface area contributed by atoms with Crippen LogP contribution in [0.4, 0.5) is 0 Å². The number of rotatable bonds is 7. The molecule has 0 spiro atoms. The molecule has 1 heterocycles. The molecule has 9 heteroatoms. The standard InChI is InChI=1S/C20H28N2O6S/c1-12(2)17(22-19(24)16-8-6-5-7-13(16)3)20(25)28-14(4)18(23)21-15-9-10-29(26,27)11-15/h5-8,12,14-15,17H,9-11H2,1-4H3,(H,21,23)(H,22,24)/t14-,15-,17+/m1/s1. The van der Waals surface area contributed by atoms with Gasteiger partial charge in [-0.25, -0.2) is 13.2 Å². The average Bonchev–Trinajstić information content (AvgIpc) is 2.97. The van der Waals surface area contributed by atoms with Crippen LogP contribution in [0.5, 0.6) is 0 Å². The molecule has 0 unspecified atom stereocenters. The minimum Gasteiger partial charge on any atom is -0.451 e. The summed E-state index contributed by atoms with van der Waals surface area (Å²) in [4.78, 5) is 37.4. The van der Waals surface area contributed by atoms with Crippen LogP contribution in [0.2, 0.25) is 0 Å². The van der Waals surface area contributed by atoms with Crippen molar-refractivity contribution in [3.63, 3.8) is 0 Å². The van der Waals surface area contributed by atoms with Crippen LogP contribution in [0.15, 0.2) is 24.3 Å². The highest BCUT2D eigenvalue weighted by molar-refractivity contribution is 7.91. The number of hydrogen-bond donors (Lipinski definition) is 2. The minimum atomic E-state index is -3.13. The monoisotopic (exact) mass is 424 g/mol. The number of carbonyl (C=O) groups is 3. The Bertz CT molecular complexity index is 881. The molecule has 3 atom stereocenters. The quantitative estimate of drug-likeness (QED) is 0.630. The number of hydrogen-bond acceptors (Lipinski definition) is 6. The van der Waals surface area contributed by atoms with E-state index < -0.39 is 45.8 Å². The Morgan fingerprint density at radius 1 is 1.14 bits per heavy atom. The van der Waals surface area contributed by atoms with Crippen molar-refractivity contribution in [2.24, 2.45) is 5.92 Å². The second-order valence-electron chi connectivity index (χ2n) is 7.70. The zero-order chi connectivity index (χ0) is 21.8. The zero-order valence-electron chi connectivity index (χ0n) is 17.1. The SMILES string of the molecule is Cc1ccccc1C(=O)N[C@H](C(=O)O[C@H](C)C(=O)N[C@@H]1CCS(=O)(=O)C1)C(C)C. The smallest absolute Gasteiger partial charge is 0.329 e. The van der Waals surface area contributed by atoms with Crippen LogP contribution in [0, 0.1) is 12.8 Å². The number of aryl methyl sites for hydroxylation is 1. The minimum absolute atomic E-state index is 0.0342. The Hall–Kier alpha value is -2.42. The van der Waals surface area contributed by atoms with Crippen LogP contribution in [0.25, 0.3) is 0 Å². The first-order valence-corrected chi connectivity index (χ1v) is 11.4. The number of nitrogens with one attached hydrogen (secondary N) is 2. The van der Waals surface area contributed by atoms with Crippen molar-refractivity contribution in [2.45, 2.75) is 52.3 Å². The predicted octanol–water partition coefficient (Wildman–Crippen LogP) is 0.984. The number of carbonyl (C=O) groups excluding carboxylic acids is 3. The largest absolute Gasteiger partial charge is 0.451 e. The molecule has 0 saturated carbocycles. The summed E-state index contributed by atoms with van der Waals surface area (Å²) in [5.41, 5.74) is 1.24. The fourth-order valence-electron chi connectivity index (χ4n) is 3.07. The van der Waals surface area contributed by atoms with E-state index in [4.69, 9.17) is 4.74 Å². The summed E-state index contributed by atoms with van der Waals surface area (Å²) in [6.07, 6.45) is -0.766. The third-order valence-corrected chi connectivity index (χ3v) is 6.61. The van der Waals surface area contributed by atoms with Crippen LogP contribution in [-0.2, 0) is 24.2 Å². The highest BCUT2D eigenvalue weighted by Crippen LogP contribution is 2.13. The molecule has 1 fully saturated rings. The van der Waals surface area contributed by atoms with E-state index in [9.17, 15) is 22.8 Å². The number of amides is 2. The molecule has 160 valence electrons. The van der Waals surface area contributed by atoms with Gasteiger partial charge in [-0.15, -0.1) is 0 Å². The molecule has 1 aromatic rings. The van der Waals surface area contributed by atoms with Gasteiger partial charge < -0.3 is 15.4 Å². The molecular formula is C20H28N2O6S. The van der Waals surface area contributed by atoms with E-state index in [0.29, 0.717) is 12.0 Å². The molecule has 0 aliphatic carbocycles. The van der Waals surface area contributed by atoms with Crippen LogP contribution in [0.3, 0.4) is 0 Å². The summed E-state index contributed by atoms with van der Waals surface area (Å²) < 4.78 is 28.3. The topological polar surface area (TPSA) is 119 Å². The second kappa shape index (κ2) is 9.39. The maximum atomic E-state index is 12.6. The summed E-state index contributed by atoms with van der Waals surface area (Å²) in [5.74, 6) is -2.01. The lowest BCUT2D eigenvalue weighted by Gasteiger charge is -2.23. The van der Waals surface area contributed by atoms with Gasteiger partial charge in [0.1, 0.15) is 6.04 Å². The lowest BCUT2D eigenvalue weighted by atomic mass is 10.0. The first-order valence-electron chi connectivity index (χ1n) is 9.58. The van der Waals surface area contributed by atoms with Gasteiger partial charge in [0, 0.05) is 11.6 Å². The van der Waals surface area contributed by atoms with Crippen LogP contribution in [0.1, 0.15) is 43.1 Å². The number of esters is 1. The van der Waals surface area contributed by atoms with Gasteiger partial charge in [-0.2, -0.15) is 0 Å². The average molecular weight is 425 g/mol. The molecule has 0 radical (unpaired) electrons. The highest BCUT2D eigenvalue weighted by atomic mass is 32.2. The summed E-state index contributed by atoms with van der Waals surface area (Å²) in [6, 6.07) is 5.61. The summed E-state index contributed by atoms with van der Waals surface area (Å²) >= 11 is 0. The van der Waals surface area contributed by atoms with Crippen molar-refractivity contribution in [3.8, 4) is 0 Å². The number of ether oxygens (including phenoxy) is 1. The van der Waals surface area contributed by atoms with Crippen molar-refractivity contribution >= 4 is 27.6 Å². The highest BCUT2D eigenvalue weighted by Gasteiger charge is 2.33. The van der Waals surface area contributed by atoms with E-state index in [0.717, 1.165) is 5.56 Å². The van der Waals surface area contributed by atoms with E-state index in [-0.39, 0.29) is 17.4 Å². The molecule has 0 bridgehead atoms. The van der Waals surface area contributed by atoms with Crippen molar-refractivity contribution in [3.05, 3.63) is 35.4 Å². The van der Waals surface area contributed by atoms with Crippen LogP contribution < -0.4 is 10.6 Å². The molecule has 1 aliphatic heterocycles. The molecule has 1 aliphatic rings. The molecule has 2 amide bonds. The number of benzene rings is 1. The van der Waals surface area contributed by atoms with Gasteiger partial charge in [-0.1, -0.05) is 32.0 Å². The fraction of sp³-hybridized carbons (Fsp3) is 0.550. The van der Waals surface area contributed by atoms with Gasteiger partial charge in [-0.3, -0.25) is 9.59 Å². The first kappa shape index (κ1) is 22.9. The Kier molecular flexibility index (Phi) is 7.40. The normalized spacial score (nSPS) is 20.0. The van der Waals surface area contributed by atoms with E-state index >= 15 is 0 Å². The fourth-order valence-corrected chi connectivity index (χ4v) is 4.75. The Balaban J connectivity index is 1.97. The van der Waals surface area contributed by atoms with Crippen molar-refractivity contribution in [1.29, 1.82) is 0 Å². The molecular weight excluding hydrogens is 396 g/mol. The van der Waals surface area contributed by atoms with Crippen molar-refractivity contribution < 1.29 is 27.5 Å². The van der Waals surface area contributed by atoms with Gasteiger partial charge in [0.15, 0.2) is 15.9 Å². The second-order valence-corrected chi connectivity index (χ2v) is 9.93. The summed E-state index contributed by atoms with van der Waals surface area (Å²) in [7, 11) is -3.13. The molecule has 1 saturated heterocycles. The van der Waals surface area contributed by atoms with Gasteiger partial charge in [0.05, 0.1) is 11.5 Å². The molecule has 2 N–H and O–H groups in total. The number of sulfone groups is 1. The molecule has 2 rings (SSSR count). The molecule has 0 aromatic heterocycles. The van der Waals surface area contributed by atoms with Crippen molar-refractivity contribution in [1.82, 2.24) is 10.6 Å². The predicted molar refractivity (Wildman–Crippen MR) is 108 cm³/mol. The van der Waals surface area contributed by atoms with Crippen LogP contribution in [-0.4, -0.2) is 55.9 Å². The maximum Gasteiger partial charge on any atom is 0.329 e. The van der Waals surface area contributed by atoms with E-state index in [1.807, 2.05) is 6.07 Å².